The molecule has 4 heteroatoms. The van der Waals surface area contributed by atoms with Crippen LogP contribution in [0.1, 0.15) is 37.4 Å². The van der Waals surface area contributed by atoms with E-state index in [2.05, 4.69) is 46.7 Å². The van der Waals surface area contributed by atoms with Gasteiger partial charge in [-0.2, -0.15) is 0 Å². The minimum Gasteiger partial charge on any atom is -0.311 e. The molecule has 0 aliphatic heterocycles. The second-order valence-electron chi connectivity index (χ2n) is 4.84. The fraction of sp³-hybridized carbons (Fsp3) is 0.467. The van der Waals surface area contributed by atoms with E-state index in [1.165, 1.54) is 24.8 Å². The maximum atomic E-state index is 4.22. The zero-order valence-corrected chi connectivity index (χ0v) is 11.7. The molecule has 0 aliphatic rings. The lowest BCUT2D eigenvalue weighted by Crippen LogP contribution is -2.15. The van der Waals surface area contributed by atoms with Crippen molar-refractivity contribution in [3.63, 3.8) is 0 Å². The third kappa shape index (κ3) is 3.64. The number of unbranched alkanes of at least 4 members (excludes halogenated alkanes) is 2. The van der Waals surface area contributed by atoms with Crippen LogP contribution in [0.4, 0.5) is 0 Å². The van der Waals surface area contributed by atoms with Crippen molar-refractivity contribution >= 4 is 0 Å². The Hall–Kier alpha value is -1.68. The Bertz CT molecular complexity index is 504. The van der Waals surface area contributed by atoms with Crippen LogP contribution in [0.3, 0.4) is 0 Å². The van der Waals surface area contributed by atoms with Crippen LogP contribution in [-0.2, 0) is 6.54 Å². The molecule has 2 rings (SSSR count). The minimum atomic E-state index is 0.792. The van der Waals surface area contributed by atoms with Crippen LogP contribution in [0.15, 0.2) is 24.3 Å². The molecule has 0 amide bonds. The summed E-state index contributed by atoms with van der Waals surface area (Å²) in [6.45, 7) is 6.15. The highest BCUT2D eigenvalue weighted by molar-refractivity contribution is 5.64. The fourth-order valence-electron chi connectivity index (χ4n) is 2.14. The second kappa shape index (κ2) is 7.04. The van der Waals surface area contributed by atoms with Crippen LogP contribution in [-0.4, -0.2) is 22.0 Å². The molecule has 1 aromatic heterocycles. The number of hydrogen-bond acceptors (Lipinski definition) is 3. The van der Waals surface area contributed by atoms with Gasteiger partial charge in [-0.25, -0.2) is 0 Å². The lowest BCUT2D eigenvalue weighted by Gasteiger charge is -2.06. The van der Waals surface area contributed by atoms with Gasteiger partial charge in [0.15, 0.2) is 0 Å². The SMILES string of the molecule is CCCCCNCc1[nH]nnc1-c1ccccc1C. The zero-order chi connectivity index (χ0) is 13.5. The molecule has 0 atom stereocenters. The lowest BCUT2D eigenvalue weighted by atomic mass is 10.0. The number of benzene rings is 1. The van der Waals surface area contributed by atoms with E-state index in [0.717, 1.165) is 30.0 Å². The van der Waals surface area contributed by atoms with Crippen molar-refractivity contribution in [2.75, 3.05) is 6.54 Å². The standard InChI is InChI=1S/C15H22N4/c1-3-4-7-10-16-11-14-15(18-19-17-14)13-9-6-5-8-12(13)2/h5-6,8-9,16H,3-4,7,10-11H2,1-2H3,(H,17,18,19). The van der Waals surface area contributed by atoms with Gasteiger partial charge in [0.1, 0.15) is 5.69 Å². The number of nitrogens with zero attached hydrogens (tertiary/aromatic N) is 2. The quantitative estimate of drug-likeness (QED) is 0.750. The smallest absolute Gasteiger partial charge is 0.117 e. The third-order valence-electron chi connectivity index (χ3n) is 3.28. The maximum absolute atomic E-state index is 4.22. The van der Waals surface area contributed by atoms with Crippen LogP contribution in [0.5, 0.6) is 0 Å². The summed E-state index contributed by atoms with van der Waals surface area (Å²) in [4.78, 5) is 0. The topological polar surface area (TPSA) is 53.6 Å². The van der Waals surface area contributed by atoms with Crippen molar-refractivity contribution in [2.24, 2.45) is 0 Å². The van der Waals surface area contributed by atoms with Crippen LogP contribution in [0.25, 0.3) is 11.3 Å². The number of nitrogens with one attached hydrogen (secondary N) is 2. The predicted molar refractivity (Wildman–Crippen MR) is 77.8 cm³/mol. The van der Waals surface area contributed by atoms with Crippen LogP contribution < -0.4 is 5.32 Å². The molecule has 0 bridgehead atoms. The van der Waals surface area contributed by atoms with Gasteiger partial charge < -0.3 is 5.32 Å². The van der Waals surface area contributed by atoms with E-state index in [1.54, 1.807) is 0 Å². The second-order valence-corrected chi connectivity index (χ2v) is 4.84. The van der Waals surface area contributed by atoms with Crippen molar-refractivity contribution in [2.45, 2.75) is 39.7 Å². The van der Waals surface area contributed by atoms with Gasteiger partial charge in [-0.05, 0) is 25.5 Å². The number of hydrogen-bond donors (Lipinski definition) is 2. The first-order valence-corrected chi connectivity index (χ1v) is 6.99. The van der Waals surface area contributed by atoms with E-state index >= 15 is 0 Å². The molecule has 19 heavy (non-hydrogen) atoms. The summed E-state index contributed by atoms with van der Waals surface area (Å²) in [7, 11) is 0. The van der Waals surface area contributed by atoms with Crippen molar-refractivity contribution in [1.82, 2.24) is 20.7 Å². The van der Waals surface area contributed by atoms with Gasteiger partial charge in [-0.15, -0.1) is 5.10 Å². The molecule has 1 heterocycles. The van der Waals surface area contributed by atoms with Gasteiger partial charge >= 0.3 is 0 Å². The zero-order valence-electron chi connectivity index (χ0n) is 11.7. The highest BCUT2D eigenvalue weighted by Crippen LogP contribution is 2.22. The molecular weight excluding hydrogens is 236 g/mol. The average Bonchev–Trinajstić information content (AvgIpc) is 2.87. The van der Waals surface area contributed by atoms with Gasteiger partial charge in [0.05, 0.1) is 5.69 Å². The molecule has 2 N–H and O–H groups in total. The number of aromatic nitrogens is 3. The van der Waals surface area contributed by atoms with Crippen molar-refractivity contribution in [1.29, 1.82) is 0 Å². The Morgan fingerprint density at radius 3 is 2.84 bits per heavy atom. The molecule has 0 unspecified atom stereocenters. The predicted octanol–water partition coefficient (Wildman–Crippen LogP) is 3.06. The van der Waals surface area contributed by atoms with Gasteiger partial charge in [0.25, 0.3) is 0 Å². The average molecular weight is 258 g/mol. The van der Waals surface area contributed by atoms with Gasteiger partial charge in [-0.1, -0.05) is 49.2 Å². The fourth-order valence-corrected chi connectivity index (χ4v) is 2.14. The summed E-state index contributed by atoms with van der Waals surface area (Å²) in [6, 6.07) is 8.27. The molecule has 2 aromatic rings. The third-order valence-corrected chi connectivity index (χ3v) is 3.28. The first kappa shape index (κ1) is 13.7. The number of H-pyrrole nitrogens is 1. The van der Waals surface area contributed by atoms with E-state index in [9.17, 15) is 0 Å². The Labute approximate surface area is 114 Å². The molecule has 0 radical (unpaired) electrons. The van der Waals surface area contributed by atoms with Crippen molar-refractivity contribution in [3.8, 4) is 11.3 Å². The largest absolute Gasteiger partial charge is 0.311 e. The number of rotatable bonds is 7. The van der Waals surface area contributed by atoms with E-state index < -0.39 is 0 Å². The Balaban J connectivity index is 2.00. The van der Waals surface area contributed by atoms with Crippen LogP contribution in [0, 0.1) is 6.92 Å². The Kier molecular flexibility index (Phi) is 5.10. The maximum Gasteiger partial charge on any atom is 0.117 e. The first-order chi connectivity index (χ1) is 9.33. The normalized spacial score (nSPS) is 10.8. The van der Waals surface area contributed by atoms with E-state index in [4.69, 9.17) is 0 Å². The highest BCUT2D eigenvalue weighted by atomic mass is 15.3. The Morgan fingerprint density at radius 1 is 1.21 bits per heavy atom. The summed E-state index contributed by atoms with van der Waals surface area (Å²) in [5.74, 6) is 0. The lowest BCUT2D eigenvalue weighted by molar-refractivity contribution is 0.610. The molecule has 4 nitrogen and oxygen atoms in total. The monoisotopic (exact) mass is 258 g/mol. The van der Waals surface area contributed by atoms with E-state index in [1.807, 2.05) is 12.1 Å². The van der Waals surface area contributed by atoms with Crippen molar-refractivity contribution < 1.29 is 0 Å². The molecule has 1 aromatic carbocycles. The van der Waals surface area contributed by atoms with Gasteiger partial charge in [0.2, 0.25) is 0 Å². The molecule has 0 saturated heterocycles. The molecule has 0 spiro atoms. The Morgan fingerprint density at radius 2 is 2.05 bits per heavy atom. The number of aromatic amines is 1. The van der Waals surface area contributed by atoms with Gasteiger partial charge in [-0.3, -0.25) is 5.10 Å². The van der Waals surface area contributed by atoms with Crippen LogP contribution in [0.2, 0.25) is 0 Å². The summed E-state index contributed by atoms with van der Waals surface area (Å²) in [6.07, 6.45) is 3.75. The van der Waals surface area contributed by atoms with Crippen LogP contribution >= 0.6 is 0 Å². The highest BCUT2D eigenvalue weighted by Gasteiger charge is 2.10. The summed E-state index contributed by atoms with van der Waals surface area (Å²) in [5, 5.41) is 14.6. The molecule has 0 saturated carbocycles. The van der Waals surface area contributed by atoms with Gasteiger partial charge in [0, 0.05) is 12.1 Å². The van der Waals surface area contributed by atoms with E-state index in [0.29, 0.717) is 0 Å². The molecular formula is C15H22N4. The summed E-state index contributed by atoms with van der Waals surface area (Å²) >= 11 is 0. The summed E-state index contributed by atoms with van der Waals surface area (Å²) < 4.78 is 0. The number of aryl methyl sites for hydroxylation is 1. The molecule has 0 aliphatic carbocycles. The molecule has 102 valence electrons. The summed E-state index contributed by atoms with van der Waals surface area (Å²) in [5.41, 5.74) is 4.40. The minimum absolute atomic E-state index is 0.792. The van der Waals surface area contributed by atoms with Crippen molar-refractivity contribution in [3.05, 3.63) is 35.5 Å². The van der Waals surface area contributed by atoms with E-state index in [-0.39, 0.29) is 0 Å². The first-order valence-electron chi connectivity index (χ1n) is 6.99. The molecule has 0 fully saturated rings.